The summed E-state index contributed by atoms with van der Waals surface area (Å²) in [6, 6.07) is 7.31. The fourth-order valence-electron chi connectivity index (χ4n) is 1.94. The van der Waals surface area contributed by atoms with Crippen LogP contribution in [0.1, 0.15) is 6.92 Å². The summed E-state index contributed by atoms with van der Waals surface area (Å²) in [6.45, 7) is 4.54. The number of hydrogen-bond donors (Lipinski definition) is 2. The number of rotatable bonds is 3. The molecule has 1 aromatic carbocycles. The minimum Gasteiger partial charge on any atom is -0.508 e. The first-order valence-electron chi connectivity index (χ1n) is 6.08. The van der Waals surface area contributed by atoms with Crippen LogP contribution in [0.5, 0.6) is 5.75 Å². The topological polar surface area (TPSA) is 52.6 Å². The zero-order chi connectivity index (χ0) is 13.0. The Hall–Kier alpha value is -0.910. The quantitative estimate of drug-likeness (QED) is 0.835. The van der Waals surface area contributed by atoms with Gasteiger partial charge >= 0.3 is 0 Å². The maximum Gasteiger partial charge on any atom is 0.233 e. The van der Waals surface area contributed by atoms with E-state index in [1.54, 1.807) is 12.1 Å². The van der Waals surface area contributed by atoms with Crippen LogP contribution in [0.25, 0.3) is 0 Å². The first-order chi connectivity index (χ1) is 8.65. The normalized spacial score (nSPS) is 18.8. The zero-order valence-electron chi connectivity index (χ0n) is 10.8. The van der Waals surface area contributed by atoms with Crippen LogP contribution >= 0.6 is 24.2 Å². The van der Waals surface area contributed by atoms with Crippen molar-refractivity contribution < 1.29 is 9.90 Å². The number of hydrogen-bond acceptors (Lipinski definition) is 4. The third-order valence-corrected chi connectivity index (χ3v) is 3.92. The molecule has 1 aromatic rings. The average molecular weight is 303 g/mol. The van der Waals surface area contributed by atoms with Gasteiger partial charge in [0.2, 0.25) is 5.91 Å². The Morgan fingerprint density at radius 1 is 1.47 bits per heavy atom. The summed E-state index contributed by atoms with van der Waals surface area (Å²) in [7, 11) is 0. The summed E-state index contributed by atoms with van der Waals surface area (Å²) in [6.07, 6.45) is 0. The molecule has 0 radical (unpaired) electrons. The van der Waals surface area contributed by atoms with Gasteiger partial charge < -0.3 is 15.3 Å². The summed E-state index contributed by atoms with van der Waals surface area (Å²) < 4.78 is 0. The molecule has 1 aliphatic heterocycles. The van der Waals surface area contributed by atoms with Gasteiger partial charge in [-0.1, -0.05) is 0 Å². The molecule has 1 atom stereocenters. The molecule has 6 heteroatoms. The minimum absolute atomic E-state index is 0. The summed E-state index contributed by atoms with van der Waals surface area (Å²) in [5, 5.41) is 12.5. The lowest BCUT2D eigenvalue weighted by molar-refractivity contribution is -0.129. The highest BCUT2D eigenvalue weighted by molar-refractivity contribution is 8.00. The van der Waals surface area contributed by atoms with Crippen molar-refractivity contribution in [3.05, 3.63) is 24.3 Å². The predicted octanol–water partition coefficient (Wildman–Crippen LogP) is 1.73. The van der Waals surface area contributed by atoms with Gasteiger partial charge in [-0.05, 0) is 31.2 Å². The Bertz CT molecular complexity index is 414. The van der Waals surface area contributed by atoms with Crippen LogP contribution in [-0.4, -0.2) is 47.3 Å². The van der Waals surface area contributed by atoms with Gasteiger partial charge in [0.15, 0.2) is 0 Å². The first kappa shape index (κ1) is 16.1. The molecule has 4 nitrogen and oxygen atoms in total. The number of carbonyl (C=O) groups excluding carboxylic acids is 1. The maximum atomic E-state index is 12.0. The number of phenols is 1. The van der Waals surface area contributed by atoms with Gasteiger partial charge in [0.25, 0.3) is 0 Å². The molecular weight excluding hydrogens is 284 g/mol. The number of phenolic OH excluding ortho intramolecular Hbond substituents is 1. The first-order valence-corrected chi connectivity index (χ1v) is 7.06. The molecule has 2 rings (SSSR count). The molecule has 0 spiro atoms. The third-order valence-electron chi connectivity index (χ3n) is 2.92. The average Bonchev–Trinajstić information content (AvgIpc) is 2.38. The predicted molar refractivity (Wildman–Crippen MR) is 80.1 cm³/mol. The van der Waals surface area contributed by atoms with E-state index in [4.69, 9.17) is 0 Å². The largest absolute Gasteiger partial charge is 0.508 e. The van der Waals surface area contributed by atoms with Gasteiger partial charge in [0, 0.05) is 30.6 Å². The lowest BCUT2D eigenvalue weighted by atomic mass is 10.2. The molecule has 0 bridgehead atoms. The second-order valence-electron chi connectivity index (χ2n) is 4.48. The van der Waals surface area contributed by atoms with Crippen LogP contribution in [0.4, 0.5) is 0 Å². The second kappa shape index (κ2) is 7.62. The number of thioether (sulfide) groups is 1. The summed E-state index contributed by atoms with van der Waals surface area (Å²) in [5.41, 5.74) is 0. The number of nitrogens with one attached hydrogen (secondary N) is 1. The molecule has 0 aliphatic carbocycles. The van der Waals surface area contributed by atoms with Crippen molar-refractivity contribution in [2.45, 2.75) is 17.9 Å². The highest BCUT2D eigenvalue weighted by Crippen LogP contribution is 2.21. The molecule has 2 N–H and O–H groups in total. The zero-order valence-corrected chi connectivity index (χ0v) is 12.5. The molecular formula is C13H19ClN2O2S. The van der Waals surface area contributed by atoms with Crippen LogP contribution in [-0.2, 0) is 4.79 Å². The molecule has 1 unspecified atom stereocenters. The number of aromatic hydroxyl groups is 1. The monoisotopic (exact) mass is 302 g/mol. The van der Waals surface area contributed by atoms with Crippen molar-refractivity contribution in [3.8, 4) is 5.75 Å². The second-order valence-corrected chi connectivity index (χ2v) is 5.53. The van der Waals surface area contributed by atoms with E-state index in [2.05, 4.69) is 12.2 Å². The van der Waals surface area contributed by atoms with E-state index in [9.17, 15) is 9.90 Å². The van der Waals surface area contributed by atoms with Crippen LogP contribution in [0.3, 0.4) is 0 Å². The Morgan fingerprint density at radius 3 is 2.79 bits per heavy atom. The number of halogens is 1. The van der Waals surface area contributed by atoms with Crippen molar-refractivity contribution in [1.82, 2.24) is 10.2 Å². The molecule has 1 heterocycles. The minimum atomic E-state index is 0. The van der Waals surface area contributed by atoms with Crippen molar-refractivity contribution in [1.29, 1.82) is 0 Å². The lowest BCUT2D eigenvalue weighted by Crippen LogP contribution is -2.51. The highest BCUT2D eigenvalue weighted by Gasteiger charge is 2.20. The fourth-order valence-corrected chi connectivity index (χ4v) is 2.74. The van der Waals surface area contributed by atoms with E-state index >= 15 is 0 Å². The molecule has 0 aromatic heterocycles. The smallest absolute Gasteiger partial charge is 0.233 e. The molecule has 1 fully saturated rings. The number of carbonyl (C=O) groups is 1. The Balaban J connectivity index is 0.00000180. The van der Waals surface area contributed by atoms with Crippen molar-refractivity contribution in [2.24, 2.45) is 0 Å². The summed E-state index contributed by atoms with van der Waals surface area (Å²) >= 11 is 1.51. The number of nitrogens with zero attached hydrogens (tertiary/aromatic N) is 1. The van der Waals surface area contributed by atoms with Gasteiger partial charge in [-0.3, -0.25) is 4.79 Å². The molecule has 106 valence electrons. The maximum absolute atomic E-state index is 12.0. The summed E-state index contributed by atoms with van der Waals surface area (Å²) in [4.78, 5) is 14.9. The Morgan fingerprint density at radius 2 is 2.16 bits per heavy atom. The number of benzene rings is 1. The van der Waals surface area contributed by atoms with Crippen LogP contribution in [0, 0.1) is 0 Å². The van der Waals surface area contributed by atoms with Gasteiger partial charge in [-0.15, -0.1) is 24.2 Å². The summed E-state index contributed by atoms with van der Waals surface area (Å²) in [5.74, 6) is 0.889. The Labute approximate surface area is 124 Å². The molecule has 1 aliphatic rings. The number of piperazine rings is 1. The van der Waals surface area contributed by atoms with E-state index < -0.39 is 0 Å². The van der Waals surface area contributed by atoms with Crippen molar-refractivity contribution in [2.75, 3.05) is 25.4 Å². The van der Waals surface area contributed by atoms with Crippen molar-refractivity contribution in [3.63, 3.8) is 0 Å². The fraction of sp³-hybridized carbons (Fsp3) is 0.462. The standard InChI is InChI=1S/C13H18N2O2S.ClH/c1-10-8-15(7-6-14-10)13(17)9-18-12-4-2-11(16)3-5-12;/h2-5,10,14,16H,6-9H2,1H3;1H. The van der Waals surface area contributed by atoms with E-state index in [0.717, 1.165) is 24.5 Å². The SMILES string of the molecule is CC1CN(C(=O)CSc2ccc(O)cc2)CCN1.Cl. The lowest BCUT2D eigenvalue weighted by Gasteiger charge is -2.31. The van der Waals surface area contributed by atoms with Crippen LogP contribution in [0.15, 0.2) is 29.2 Å². The van der Waals surface area contributed by atoms with E-state index in [-0.39, 0.29) is 24.1 Å². The van der Waals surface area contributed by atoms with E-state index in [1.807, 2.05) is 17.0 Å². The van der Waals surface area contributed by atoms with Gasteiger partial charge in [-0.2, -0.15) is 0 Å². The van der Waals surface area contributed by atoms with Crippen LogP contribution < -0.4 is 5.32 Å². The number of amides is 1. The van der Waals surface area contributed by atoms with E-state index in [1.165, 1.54) is 11.8 Å². The molecule has 19 heavy (non-hydrogen) atoms. The van der Waals surface area contributed by atoms with Crippen molar-refractivity contribution >= 4 is 30.1 Å². The van der Waals surface area contributed by atoms with Gasteiger partial charge in [-0.25, -0.2) is 0 Å². The molecule has 0 saturated carbocycles. The highest BCUT2D eigenvalue weighted by atomic mass is 35.5. The Kier molecular flexibility index (Phi) is 6.48. The van der Waals surface area contributed by atoms with Gasteiger partial charge in [0.1, 0.15) is 5.75 Å². The molecule has 1 saturated heterocycles. The van der Waals surface area contributed by atoms with E-state index in [0.29, 0.717) is 11.8 Å². The third kappa shape index (κ3) is 4.93. The van der Waals surface area contributed by atoms with Gasteiger partial charge in [0.05, 0.1) is 5.75 Å². The molecule has 1 amide bonds. The van der Waals surface area contributed by atoms with Crippen LogP contribution in [0.2, 0.25) is 0 Å².